The van der Waals surface area contributed by atoms with Gasteiger partial charge in [0, 0.05) is 12.3 Å². The minimum atomic E-state index is -1.93. The molecule has 0 unspecified atom stereocenters. The summed E-state index contributed by atoms with van der Waals surface area (Å²) in [5.41, 5.74) is -5.00. The first-order chi connectivity index (χ1) is 10.9. The van der Waals surface area contributed by atoms with E-state index in [1.807, 2.05) is 18.2 Å². The first kappa shape index (κ1) is 15.5. The zero-order chi connectivity index (χ0) is 16.9. The molecule has 7 heteroatoms. The molecule has 2 heterocycles. The number of nitrogens with zero attached hydrogens (tertiary/aromatic N) is 3. The maximum absolute atomic E-state index is 12.7. The third-order valence-corrected chi connectivity index (χ3v) is 6.11. The molecule has 3 aliphatic rings. The van der Waals surface area contributed by atoms with Gasteiger partial charge in [0.2, 0.25) is 5.91 Å². The minimum Gasteiger partial charge on any atom is -0.370 e. The maximum Gasteiger partial charge on any atom is 0.246 e. The van der Waals surface area contributed by atoms with Crippen LogP contribution in [0, 0.1) is 44.8 Å². The van der Waals surface area contributed by atoms with Crippen molar-refractivity contribution in [3.8, 4) is 18.2 Å². The van der Waals surface area contributed by atoms with Crippen molar-refractivity contribution in [1.29, 1.82) is 15.8 Å². The summed E-state index contributed by atoms with van der Waals surface area (Å²) >= 11 is 3.38. The Kier molecular flexibility index (Phi) is 3.23. The smallest absolute Gasteiger partial charge is 0.246 e. The molecule has 2 saturated heterocycles. The Morgan fingerprint density at radius 1 is 1.17 bits per heavy atom. The molecular weight excluding hydrogens is 360 g/mol. The molecule has 114 valence electrons. The van der Waals surface area contributed by atoms with Crippen LogP contribution in [-0.2, 0) is 4.79 Å². The lowest BCUT2D eigenvalue weighted by atomic mass is 9.47. The van der Waals surface area contributed by atoms with Crippen LogP contribution >= 0.6 is 15.9 Å². The van der Waals surface area contributed by atoms with Crippen molar-refractivity contribution in [2.75, 3.05) is 0 Å². The Morgan fingerprint density at radius 2 is 1.78 bits per heavy atom. The number of amides is 1. The van der Waals surface area contributed by atoms with Gasteiger partial charge in [0.05, 0.1) is 23.0 Å². The van der Waals surface area contributed by atoms with Gasteiger partial charge < -0.3 is 10.4 Å². The molecule has 3 fully saturated rings. The lowest BCUT2D eigenvalue weighted by Gasteiger charge is -2.59. The van der Waals surface area contributed by atoms with Crippen LogP contribution in [0.25, 0.3) is 0 Å². The number of rotatable bonds is 1. The van der Waals surface area contributed by atoms with Gasteiger partial charge >= 0.3 is 0 Å². The van der Waals surface area contributed by atoms with Gasteiger partial charge in [0.25, 0.3) is 0 Å². The Labute approximate surface area is 141 Å². The van der Waals surface area contributed by atoms with E-state index >= 15 is 0 Å². The van der Waals surface area contributed by atoms with Gasteiger partial charge in [-0.25, -0.2) is 0 Å². The molecule has 2 bridgehead atoms. The summed E-state index contributed by atoms with van der Waals surface area (Å²) in [6.07, 6.45) is -0.328. The van der Waals surface area contributed by atoms with Gasteiger partial charge in [-0.2, -0.15) is 15.8 Å². The number of benzene rings is 1. The highest BCUT2D eigenvalue weighted by Crippen LogP contribution is 2.64. The van der Waals surface area contributed by atoms with E-state index in [1.54, 1.807) is 30.3 Å². The van der Waals surface area contributed by atoms with Crippen LogP contribution in [0.2, 0.25) is 0 Å². The summed E-state index contributed by atoms with van der Waals surface area (Å²) < 4.78 is 0. The van der Waals surface area contributed by atoms with E-state index in [9.17, 15) is 25.7 Å². The molecule has 4 rings (SSSR count). The molecule has 1 aliphatic carbocycles. The topological polar surface area (TPSA) is 121 Å². The third-order valence-electron chi connectivity index (χ3n) is 4.83. The second kappa shape index (κ2) is 4.80. The van der Waals surface area contributed by atoms with Gasteiger partial charge in [-0.15, -0.1) is 0 Å². The lowest BCUT2D eigenvalue weighted by molar-refractivity contribution is -0.172. The van der Waals surface area contributed by atoms with Crippen LogP contribution in [0.4, 0.5) is 0 Å². The molecule has 1 aromatic carbocycles. The van der Waals surface area contributed by atoms with Crippen LogP contribution < -0.4 is 5.32 Å². The number of hydrogen-bond donors (Lipinski definition) is 2. The summed E-state index contributed by atoms with van der Waals surface area (Å²) in [4.78, 5) is 12.0. The van der Waals surface area contributed by atoms with Crippen LogP contribution in [0.3, 0.4) is 0 Å². The van der Waals surface area contributed by atoms with Gasteiger partial charge in [-0.05, 0) is 5.56 Å². The van der Waals surface area contributed by atoms with E-state index in [1.165, 1.54) is 0 Å². The normalized spacial score (nSPS) is 37.1. The molecule has 6 nitrogen and oxygen atoms in total. The van der Waals surface area contributed by atoms with Crippen molar-refractivity contribution in [3.05, 3.63) is 35.9 Å². The summed E-state index contributed by atoms with van der Waals surface area (Å²) in [5.74, 6) is -1.62. The Hall–Kier alpha value is -2.40. The van der Waals surface area contributed by atoms with Crippen LogP contribution in [0.5, 0.6) is 0 Å². The molecule has 1 saturated carbocycles. The number of halogens is 1. The fourth-order valence-corrected chi connectivity index (χ4v) is 4.70. The van der Waals surface area contributed by atoms with Crippen molar-refractivity contribution < 1.29 is 9.90 Å². The zero-order valence-corrected chi connectivity index (χ0v) is 13.4. The van der Waals surface area contributed by atoms with Gasteiger partial charge in [-0.1, -0.05) is 46.3 Å². The van der Waals surface area contributed by atoms with E-state index < -0.39 is 33.2 Å². The summed E-state index contributed by atoms with van der Waals surface area (Å²) in [5, 5.41) is 42.3. The van der Waals surface area contributed by atoms with Crippen molar-refractivity contribution in [1.82, 2.24) is 5.32 Å². The predicted octanol–water partition coefficient (Wildman–Crippen LogP) is 1.30. The number of aliphatic hydroxyl groups is 1. The Balaban J connectivity index is 2.36. The average molecular weight is 371 g/mol. The van der Waals surface area contributed by atoms with Crippen molar-refractivity contribution >= 4 is 21.8 Å². The zero-order valence-electron chi connectivity index (χ0n) is 11.8. The maximum atomic E-state index is 12.7. The largest absolute Gasteiger partial charge is 0.370 e. The van der Waals surface area contributed by atoms with E-state index in [-0.39, 0.29) is 6.42 Å². The number of hydrogen-bond acceptors (Lipinski definition) is 5. The van der Waals surface area contributed by atoms with Crippen molar-refractivity contribution in [3.63, 3.8) is 0 Å². The lowest BCUT2D eigenvalue weighted by Crippen LogP contribution is -2.77. The third kappa shape index (κ3) is 1.65. The molecule has 2 aliphatic heterocycles. The molecule has 1 amide bonds. The molecule has 0 spiro atoms. The highest BCUT2D eigenvalue weighted by molar-refractivity contribution is 9.09. The van der Waals surface area contributed by atoms with Crippen LogP contribution in [0.15, 0.2) is 30.3 Å². The average Bonchev–Trinajstić information content (AvgIpc) is 2.56. The number of carbonyl (C=O) groups is 1. The summed E-state index contributed by atoms with van der Waals surface area (Å²) in [6.45, 7) is 0. The van der Waals surface area contributed by atoms with Gasteiger partial charge in [0.1, 0.15) is 0 Å². The molecule has 2 N–H and O–H groups in total. The summed E-state index contributed by atoms with van der Waals surface area (Å²) in [6, 6.07) is 14.3. The molecule has 4 atom stereocenters. The number of carbonyl (C=O) groups excluding carboxylic acids is 1. The van der Waals surface area contributed by atoms with Crippen molar-refractivity contribution in [2.45, 2.75) is 22.9 Å². The first-order valence-corrected chi connectivity index (χ1v) is 7.80. The Morgan fingerprint density at radius 3 is 2.30 bits per heavy atom. The molecule has 0 radical (unpaired) electrons. The molecule has 23 heavy (non-hydrogen) atoms. The second-order valence-electron chi connectivity index (χ2n) is 5.89. The number of fused-ring (bicyclic) bond motifs is 3. The van der Waals surface area contributed by atoms with E-state index in [0.717, 1.165) is 0 Å². The van der Waals surface area contributed by atoms with Crippen LogP contribution in [-0.4, -0.2) is 21.6 Å². The number of nitriles is 3. The SMILES string of the molecule is N#CC1(C#N)C[C@@]2(O)NC(=O)[C@@]1(C#N)[C@H](c1ccccc1)[C@@H]2Br. The monoisotopic (exact) mass is 370 g/mol. The van der Waals surface area contributed by atoms with E-state index in [4.69, 9.17) is 0 Å². The van der Waals surface area contributed by atoms with E-state index in [0.29, 0.717) is 5.56 Å². The number of alkyl halides is 1. The predicted molar refractivity (Wildman–Crippen MR) is 81.3 cm³/mol. The first-order valence-electron chi connectivity index (χ1n) is 6.88. The van der Waals surface area contributed by atoms with Gasteiger partial charge in [-0.3, -0.25) is 4.79 Å². The van der Waals surface area contributed by atoms with Crippen molar-refractivity contribution in [2.24, 2.45) is 10.8 Å². The second-order valence-corrected chi connectivity index (χ2v) is 6.88. The van der Waals surface area contributed by atoms with E-state index in [2.05, 4.69) is 21.2 Å². The number of nitrogens with one attached hydrogen (secondary N) is 1. The fourth-order valence-electron chi connectivity index (χ4n) is 3.72. The number of piperidine rings is 2. The minimum absolute atomic E-state index is 0.328. The fraction of sp³-hybridized carbons (Fsp3) is 0.375. The van der Waals surface area contributed by atoms with Crippen LogP contribution in [0.1, 0.15) is 17.9 Å². The standard InChI is InChI=1S/C16H11BrN4O2/c17-12-11(10-4-2-1-3-5-10)15(9-20)13(22)21-16(12,23)6-14(15,7-18)8-19/h1-5,11-12,23H,6H2,(H,21,22)/t11-,12+,15-,16+/m1/s1. The summed E-state index contributed by atoms with van der Waals surface area (Å²) in [7, 11) is 0. The molecule has 0 aromatic heterocycles. The molecule has 1 aromatic rings. The highest BCUT2D eigenvalue weighted by atomic mass is 79.9. The molecular formula is C16H11BrN4O2. The highest BCUT2D eigenvalue weighted by Gasteiger charge is 2.77. The van der Waals surface area contributed by atoms with Gasteiger partial charge in [0.15, 0.2) is 16.6 Å². The Bertz CT molecular complexity index is 792. The quantitative estimate of drug-likeness (QED) is 0.721.